The van der Waals surface area contributed by atoms with Gasteiger partial charge >= 0.3 is 0 Å². The second-order valence-corrected chi connectivity index (χ2v) is 6.40. The summed E-state index contributed by atoms with van der Waals surface area (Å²) >= 11 is 0. The van der Waals surface area contributed by atoms with Crippen LogP contribution in [0.3, 0.4) is 0 Å². The first-order valence-electron chi connectivity index (χ1n) is 7.65. The average molecular weight is 253 g/mol. The second-order valence-electron chi connectivity index (χ2n) is 6.40. The number of β-amino-alcohol motifs (C(OH)–C–C–N with tert-alkyl or cyclic N) is 1. The monoisotopic (exact) mass is 253 g/mol. The molecule has 4 heteroatoms. The molecule has 0 saturated carbocycles. The molecule has 104 valence electrons. The normalized spacial score (nSPS) is 34.2. The van der Waals surface area contributed by atoms with Crippen LogP contribution in [0.15, 0.2) is 0 Å². The molecule has 3 aliphatic rings. The van der Waals surface area contributed by atoms with E-state index >= 15 is 0 Å². The van der Waals surface area contributed by atoms with Gasteiger partial charge in [0.25, 0.3) is 0 Å². The molecule has 1 atom stereocenters. The van der Waals surface area contributed by atoms with Crippen LogP contribution in [0.2, 0.25) is 0 Å². The fourth-order valence-electron chi connectivity index (χ4n) is 3.89. The molecule has 2 N–H and O–H groups in total. The molecular formula is C14H27N3O. The predicted octanol–water partition coefficient (Wildman–Crippen LogP) is 0.271. The molecule has 0 aromatic heterocycles. The minimum Gasteiger partial charge on any atom is -0.388 e. The third-order valence-electron chi connectivity index (χ3n) is 4.94. The highest BCUT2D eigenvalue weighted by molar-refractivity contribution is 4.91. The van der Waals surface area contributed by atoms with E-state index in [1.54, 1.807) is 0 Å². The smallest absolute Gasteiger partial charge is 0.0798 e. The van der Waals surface area contributed by atoms with Crippen LogP contribution in [0.25, 0.3) is 0 Å². The van der Waals surface area contributed by atoms with E-state index in [2.05, 4.69) is 15.1 Å². The van der Waals surface area contributed by atoms with Gasteiger partial charge < -0.3 is 10.4 Å². The van der Waals surface area contributed by atoms with E-state index < -0.39 is 5.60 Å². The first-order chi connectivity index (χ1) is 8.75. The Bertz CT molecular complexity index is 278. The van der Waals surface area contributed by atoms with Crippen LogP contribution >= 0.6 is 0 Å². The van der Waals surface area contributed by atoms with Crippen LogP contribution in [0.4, 0.5) is 0 Å². The molecular weight excluding hydrogens is 226 g/mol. The Morgan fingerprint density at radius 1 is 1.11 bits per heavy atom. The fraction of sp³-hybridized carbons (Fsp3) is 1.00. The van der Waals surface area contributed by atoms with Crippen molar-refractivity contribution in [2.24, 2.45) is 0 Å². The van der Waals surface area contributed by atoms with Gasteiger partial charge in [0.1, 0.15) is 0 Å². The quantitative estimate of drug-likeness (QED) is 0.741. The van der Waals surface area contributed by atoms with Crippen molar-refractivity contribution in [2.75, 3.05) is 45.8 Å². The van der Waals surface area contributed by atoms with Gasteiger partial charge in [0.15, 0.2) is 0 Å². The molecule has 0 bridgehead atoms. The maximum absolute atomic E-state index is 10.7. The third kappa shape index (κ3) is 2.87. The Morgan fingerprint density at radius 2 is 1.89 bits per heavy atom. The second kappa shape index (κ2) is 5.45. The van der Waals surface area contributed by atoms with Crippen molar-refractivity contribution in [3.8, 4) is 0 Å². The molecule has 0 aliphatic carbocycles. The van der Waals surface area contributed by atoms with E-state index in [-0.39, 0.29) is 0 Å². The van der Waals surface area contributed by atoms with E-state index in [4.69, 9.17) is 0 Å². The molecule has 0 amide bonds. The van der Waals surface area contributed by atoms with Gasteiger partial charge in [0.05, 0.1) is 5.60 Å². The van der Waals surface area contributed by atoms with Crippen molar-refractivity contribution in [2.45, 2.75) is 43.7 Å². The summed E-state index contributed by atoms with van der Waals surface area (Å²) in [6, 6.07) is 0.762. The number of nitrogens with zero attached hydrogens (tertiary/aromatic N) is 2. The van der Waals surface area contributed by atoms with Crippen LogP contribution in [0, 0.1) is 0 Å². The van der Waals surface area contributed by atoms with Crippen molar-refractivity contribution in [1.82, 2.24) is 15.1 Å². The largest absolute Gasteiger partial charge is 0.388 e. The topological polar surface area (TPSA) is 38.7 Å². The summed E-state index contributed by atoms with van der Waals surface area (Å²) in [5.41, 5.74) is -0.432. The number of aliphatic hydroxyl groups is 1. The minimum absolute atomic E-state index is 0.432. The first kappa shape index (κ1) is 12.9. The fourth-order valence-corrected chi connectivity index (χ4v) is 3.89. The summed E-state index contributed by atoms with van der Waals surface area (Å²) in [6.45, 7) is 7.74. The molecule has 3 heterocycles. The Morgan fingerprint density at radius 3 is 2.72 bits per heavy atom. The van der Waals surface area contributed by atoms with Gasteiger partial charge in [0.2, 0.25) is 0 Å². The summed E-state index contributed by atoms with van der Waals surface area (Å²) in [5.74, 6) is 0. The molecule has 3 rings (SSSR count). The maximum atomic E-state index is 10.7. The number of hydrogen-bond donors (Lipinski definition) is 2. The molecule has 0 spiro atoms. The lowest BCUT2D eigenvalue weighted by Gasteiger charge is -2.37. The van der Waals surface area contributed by atoms with E-state index in [0.29, 0.717) is 0 Å². The Hall–Kier alpha value is -0.160. The van der Waals surface area contributed by atoms with Crippen LogP contribution in [-0.4, -0.2) is 72.4 Å². The summed E-state index contributed by atoms with van der Waals surface area (Å²) in [7, 11) is 0. The van der Waals surface area contributed by atoms with Gasteiger partial charge in [-0.25, -0.2) is 0 Å². The Balaban J connectivity index is 1.58. The predicted molar refractivity (Wildman–Crippen MR) is 72.7 cm³/mol. The SMILES string of the molecule is OC1(CN2CCCN3CCCC3C2)CCNCC1. The lowest BCUT2D eigenvalue weighted by Crippen LogP contribution is -2.51. The zero-order valence-corrected chi connectivity index (χ0v) is 11.4. The molecule has 0 aromatic carbocycles. The molecule has 3 fully saturated rings. The van der Waals surface area contributed by atoms with Crippen molar-refractivity contribution in [3.05, 3.63) is 0 Å². The summed E-state index contributed by atoms with van der Waals surface area (Å²) in [6.07, 6.45) is 5.82. The Kier molecular flexibility index (Phi) is 3.89. The summed E-state index contributed by atoms with van der Waals surface area (Å²) in [5, 5.41) is 14.0. The van der Waals surface area contributed by atoms with Gasteiger partial charge in [-0.05, 0) is 64.8 Å². The van der Waals surface area contributed by atoms with Crippen LogP contribution < -0.4 is 5.32 Å². The van der Waals surface area contributed by atoms with Gasteiger partial charge in [-0.15, -0.1) is 0 Å². The molecule has 0 radical (unpaired) electrons. The lowest BCUT2D eigenvalue weighted by molar-refractivity contribution is -0.0218. The molecule has 1 unspecified atom stereocenters. The molecule has 3 saturated heterocycles. The van der Waals surface area contributed by atoms with Crippen molar-refractivity contribution >= 4 is 0 Å². The Labute approximate surface area is 110 Å². The highest BCUT2D eigenvalue weighted by atomic mass is 16.3. The number of nitrogens with one attached hydrogen (secondary N) is 1. The highest BCUT2D eigenvalue weighted by Crippen LogP contribution is 2.24. The van der Waals surface area contributed by atoms with Crippen molar-refractivity contribution in [1.29, 1.82) is 0 Å². The van der Waals surface area contributed by atoms with Gasteiger partial charge in [-0.3, -0.25) is 9.80 Å². The van der Waals surface area contributed by atoms with Crippen LogP contribution in [0.5, 0.6) is 0 Å². The molecule has 0 aromatic rings. The van der Waals surface area contributed by atoms with Gasteiger partial charge in [-0.1, -0.05) is 0 Å². The zero-order valence-electron chi connectivity index (χ0n) is 11.4. The highest BCUT2D eigenvalue weighted by Gasteiger charge is 2.34. The number of rotatable bonds is 2. The first-order valence-corrected chi connectivity index (χ1v) is 7.65. The van der Waals surface area contributed by atoms with Gasteiger partial charge in [-0.2, -0.15) is 0 Å². The van der Waals surface area contributed by atoms with Crippen LogP contribution in [0.1, 0.15) is 32.1 Å². The van der Waals surface area contributed by atoms with E-state index in [1.807, 2.05) is 0 Å². The molecule has 4 nitrogen and oxygen atoms in total. The van der Waals surface area contributed by atoms with E-state index in [1.165, 1.54) is 45.4 Å². The number of fused-ring (bicyclic) bond motifs is 1. The van der Waals surface area contributed by atoms with E-state index in [0.717, 1.165) is 38.5 Å². The van der Waals surface area contributed by atoms with E-state index in [9.17, 15) is 5.11 Å². The standard InChI is InChI=1S/C14H27N3O/c18-14(4-6-15-7-5-14)12-16-8-2-10-17-9-1-3-13(17)11-16/h13,15,18H,1-12H2. The summed E-state index contributed by atoms with van der Waals surface area (Å²) in [4.78, 5) is 5.19. The number of piperidine rings is 1. The van der Waals surface area contributed by atoms with Crippen molar-refractivity contribution in [3.63, 3.8) is 0 Å². The molecule has 3 aliphatic heterocycles. The molecule has 18 heavy (non-hydrogen) atoms. The van der Waals surface area contributed by atoms with Gasteiger partial charge in [0, 0.05) is 19.1 Å². The lowest BCUT2D eigenvalue weighted by atomic mass is 9.91. The van der Waals surface area contributed by atoms with Crippen molar-refractivity contribution < 1.29 is 5.11 Å². The van der Waals surface area contributed by atoms with Crippen LogP contribution in [-0.2, 0) is 0 Å². The minimum atomic E-state index is -0.432. The third-order valence-corrected chi connectivity index (χ3v) is 4.94. The zero-order chi connectivity index (χ0) is 12.4. The average Bonchev–Trinajstić information content (AvgIpc) is 2.69. The maximum Gasteiger partial charge on any atom is 0.0798 e. The summed E-state index contributed by atoms with van der Waals surface area (Å²) < 4.78 is 0. The number of hydrogen-bond acceptors (Lipinski definition) is 4.